The number of aromatic nitrogens is 1. The highest BCUT2D eigenvalue weighted by atomic mass is 79.9. The third-order valence-corrected chi connectivity index (χ3v) is 3.51. The Labute approximate surface area is 105 Å². The summed E-state index contributed by atoms with van der Waals surface area (Å²) in [5.74, 6) is 0.658. The van der Waals surface area contributed by atoms with Gasteiger partial charge in [0.15, 0.2) is 0 Å². The number of carbonyl (C=O) groups is 2. The molecule has 2 amide bonds. The highest BCUT2D eigenvalue weighted by Gasteiger charge is 2.28. The van der Waals surface area contributed by atoms with Gasteiger partial charge in [0.1, 0.15) is 11.9 Å². The Kier molecular flexibility index (Phi) is 3.45. The van der Waals surface area contributed by atoms with E-state index in [0.717, 1.165) is 11.8 Å². The summed E-state index contributed by atoms with van der Waals surface area (Å²) in [5, 5.41) is 5.04. The van der Waals surface area contributed by atoms with Gasteiger partial charge < -0.3 is 10.6 Å². The topological polar surface area (TPSA) is 71.1 Å². The van der Waals surface area contributed by atoms with Crippen molar-refractivity contribution in [3.63, 3.8) is 0 Å². The van der Waals surface area contributed by atoms with E-state index in [2.05, 4.69) is 31.5 Å². The van der Waals surface area contributed by atoms with Crippen LogP contribution in [0.5, 0.6) is 0 Å². The Balaban J connectivity index is 2.03. The average molecular weight is 302 g/mol. The summed E-state index contributed by atoms with van der Waals surface area (Å²) in [4.78, 5) is 26.6. The van der Waals surface area contributed by atoms with Crippen LogP contribution < -0.4 is 10.6 Å². The third kappa shape index (κ3) is 2.53. The van der Waals surface area contributed by atoms with E-state index in [0.29, 0.717) is 16.0 Å². The van der Waals surface area contributed by atoms with Gasteiger partial charge in [-0.1, -0.05) is 11.8 Å². The van der Waals surface area contributed by atoms with E-state index in [1.54, 1.807) is 18.3 Å². The van der Waals surface area contributed by atoms with E-state index in [-0.39, 0.29) is 11.1 Å². The van der Waals surface area contributed by atoms with Crippen molar-refractivity contribution in [3.05, 3.63) is 22.8 Å². The minimum absolute atomic E-state index is 0.166. The maximum absolute atomic E-state index is 11.7. The third-order valence-electron chi connectivity index (χ3n) is 1.99. The van der Waals surface area contributed by atoms with Crippen molar-refractivity contribution >= 4 is 44.7 Å². The number of amides is 2. The smallest absolute Gasteiger partial charge is 0.279 e. The molecule has 1 atom stereocenters. The molecule has 1 fully saturated rings. The second-order valence-corrected chi connectivity index (χ2v) is 4.97. The van der Waals surface area contributed by atoms with Crippen molar-refractivity contribution in [2.45, 2.75) is 6.04 Å². The van der Waals surface area contributed by atoms with Crippen molar-refractivity contribution in [2.75, 3.05) is 11.1 Å². The lowest BCUT2D eigenvalue weighted by Gasteiger charge is -2.10. The quantitative estimate of drug-likeness (QED) is 0.870. The molecule has 1 unspecified atom stereocenters. The number of nitrogens with zero attached hydrogens (tertiary/aromatic N) is 1. The van der Waals surface area contributed by atoms with Crippen LogP contribution in [0.1, 0.15) is 0 Å². The van der Waals surface area contributed by atoms with Gasteiger partial charge in [-0.2, -0.15) is 0 Å². The van der Waals surface area contributed by atoms with Crippen molar-refractivity contribution in [2.24, 2.45) is 0 Å². The van der Waals surface area contributed by atoms with Crippen LogP contribution in [-0.4, -0.2) is 27.9 Å². The Bertz CT molecular complexity index is 441. The molecule has 84 valence electrons. The van der Waals surface area contributed by atoms with E-state index in [4.69, 9.17) is 0 Å². The normalized spacial score (nSPS) is 19.3. The molecule has 0 radical (unpaired) electrons. The van der Waals surface area contributed by atoms with Gasteiger partial charge in [-0.25, -0.2) is 4.98 Å². The van der Waals surface area contributed by atoms with Gasteiger partial charge in [0.05, 0.1) is 4.47 Å². The predicted molar refractivity (Wildman–Crippen MR) is 65.3 cm³/mol. The summed E-state index contributed by atoms with van der Waals surface area (Å²) in [6, 6.07) is 3.06. The Morgan fingerprint density at radius 1 is 1.69 bits per heavy atom. The van der Waals surface area contributed by atoms with Crippen LogP contribution in [0.3, 0.4) is 0 Å². The molecule has 16 heavy (non-hydrogen) atoms. The first-order chi connectivity index (χ1) is 7.66. The van der Waals surface area contributed by atoms with Crippen molar-refractivity contribution in [1.82, 2.24) is 10.3 Å². The number of hydrogen-bond acceptors (Lipinski definition) is 4. The number of thioether (sulfide) groups is 1. The molecule has 5 nitrogen and oxygen atoms in total. The first-order valence-corrected chi connectivity index (χ1v) is 6.29. The minimum Gasteiger partial charge on any atom is -0.334 e. The Hall–Kier alpha value is -1.08. The number of hydrogen-bond donors (Lipinski definition) is 2. The molecule has 2 rings (SSSR count). The number of halogens is 1. The molecular weight excluding hydrogens is 294 g/mol. The summed E-state index contributed by atoms with van der Waals surface area (Å²) in [5.41, 5.74) is 0. The second-order valence-electron chi connectivity index (χ2n) is 3.12. The van der Waals surface area contributed by atoms with E-state index in [1.165, 1.54) is 0 Å². The first kappa shape index (κ1) is 11.4. The molecule has 1 aromatic rings. The summed E-state index contributed by atoms with van der Waals surface area (Å²) < 4.78 is 0.709. The summed E-state index contributed by atoms with van der Waals surface area (Å²) in [6.07, 6.45) is 1.59. The fraction of sp³-hybridized carbons (Fsp3) is 0.222. The lowest BCUT2D eigenvalue weighted by atomic mass is 10.3. The lowest BCUT2D eigenvalue weighted by molar-refractivity contribution is -0.117. The molecular formula is C9H8BrN3O2S. The van der Waals surface area contributed by atoms with Crippen LogP contribution in [-0.2, 0) is 4.79 Å². The molecule has 0 bridgehead atoms. The van der Waals surface area contributed by atoms with Gasteiger partial charge in [0, 0.05) is 11.9 Å². The molecule has 1 aromatic heterocycles. The first-order valence-electron chi connectivity index (χ1n) is 4.51. The SMILES string of the molecule is O=C1NC(C(=O)Nc2ncccc2Br)CS1. The predicted octanol–water partition coefficient (Wildman–Crippen LogP) is 1.61. The summed E-state index contributed by atoms with van der Waals surface area (Å²) >= 11 is 4.38. The van der Waals surface area contributed by atoms with Crippen molar-refractivity contribution < 1.29 is 9.59 Å². The lowest BCUT2D eigenvalue weighted by Crippen LogP contribution is -2.38. The Morgan fingerprint density at radius 3 is 3.12 bits per heavy atom. The van der Waals surface area contributed by atoms with E-state index < -0.39 is 6.04 Å². The zero-order chi connectivity index (χ0) is 11.5. The maximum atomic E-state index is 11.7. The van der Waals surface area contributed by atoms with E-state index in [9.17, 15) is 9.59 Å². The molecule has 2 N–H and O–H groups in total. The number of nitrogens with one attached hydrogen (secondary N) is 2. The maximum Gasteiger partial charge on any atom is 0.279 e. The number of pyridine rings is 1. The van der Waals surface area contributed by atoms with Gasteiger partial charge in [-0.05, 0) is 28.1 Å². The van der Waals surface area contributed by atoms with Gasteiger partial charge >= 0.3 is 0 Å². The zero-order valence-corrected chi connectivity index (χ0v) is 10.5. The van der Waals surface area contributed by atoms with Crippen LogP contribution in [0.4, 0.5) is 10.6 Å². The Morgan fingerprint density at radius 2 is 2.50 bits per heavy atom. The van der Waals surface area contributed by atoms with Gasteiger partial charge in [0.25, 0.3) is 5.24 Å². The highest BCUT2D eigenvalue weighted by Crippen LogP contribution is 2.20. The fourth-order valence-electron chi connectivity index (χ4n) is 1.21. The number of rotatable bonds is 2. The molecule has 1 aliphatic heterocycles. The van der Waals surface area contributed by atoms with E-state index in [1.807, 2.05) is 0 Å². The standard InChI is InChI=1S/C9H8BrN3O2S/c10-5-2-1-3-11-7(5)13-8(14)6-4-16-9(15)12-6/h1-3,6H,4H2,(H,12,15)(H,11,13,14). The van der Waals surface area contributed by atoms with Gasteiger partial charge in [-0.3, -0.25) is 9.59 Å². The fourth-order valence-corrected chi connectivity index (χ4v) is 2.34. The molecule has 0 saturated carbocycles. The minimum atomic E-state index is -0.480. The summed E-state index contributed by atoms with van der Waals surface area (Å²) in [6.45, 7) is 0. The van der Waals surface area contributed by atoms with Crippen LogP contribution in [0, 0.1) is 0 Å². The molecule has 0 aliphatic carbocycles. The molecule has 7 heteroatoms. The number of carbonyl (C=O) groups excluding carboxylic acids is 2. The molecule has 1 aliphatic rings. The zero-order valence-electron chi connectivity index (χ0n) is 8.07. The molecule has 2 heterocycles. The molecule has 0 aromatic carbocycles. The highest BCUT2D eigenvalue weighted by molar-refractivity contribution is 9.10. The van der Waals surface area contributed by atoms with Gasteiger partial charge in [-0.15, -0.1) is 0 Å². The van der Waals surface area contributed by atoms with E-state index >= 15 is 0 Å². The van der Waals surface area contributed by atoms with Crippen molar-refractivity contribution in [1.29, 1.82) is 0 Å². The monoisotopic (exact) mass is 301 g/mol. The number of anilines is 1. The molecule has 1 saturated heterocycles. The largest absolute Gasteiger partial charge is 0.334 e. The van der Waals surface area contributed by atoms with Crippen LogP contribution in [0.2, 0.25) is 0 Å². The van der Waals surface area contributed by atoms with Crippen LogP contribution in [0.15, 0.2) is 22.8 Å². The van der Waals surface area contributed by atoms with Crippen LogP contribution in [0.25, 0.3) is 0 Å². The average Bonchev–Trinajstić information content (AvgIpc) is 2.68. The van der Waals surface area contributed by atoms with Gasteiger partial charge in [0.2, 0.25) is 5.91 Å². The second kappa shape index (κ2) is 4.84. The van der Waals surface area contributed by atoms with Crippen molar-refractivity contribution in [3.8, 4) is 0 Å². The molecule has 0 spiro atoms. The van der Waals surface area contributed by atoms with Crippen LogP contribution >= 0.6 is 27.7 Å². The summed E-state index contributed by atoms with van der Waals surface area (Å²) in [7, 11) is 0.